The molecule has 0 radical (unpaired) electrons. The average Bonchev–Trinajstić information content (AvgIpc) is 3.25. The van der Waals surface area contributed by atoms with Crippen molar-refractivity contribution in [1.29, 1.82) is 0 Å². The number of rotatable bonds is 4. The number of nitrogens with one attached hydrogen (secondary N) is 2. The van der Waals surface area contributed by atoms with Crippen LogP contribution in [0, 0.1) is 5.92 Å². The van der Waals surface area contributed by atoms with Gasteiger partial charge in [-0.15, -0.1) is 11.8 Å². The minimum absolute atomic E-state index is 0.0257. The van der Waals surface area contributed by atoms with Gasteiger partial charge in [0.2, 0.25) is 17.7 Å². The number of amides is 3. The lowest BCUT2D eigenvalue weighted by atomic mass is 9.95. The molecule has 1 unspecified atom stereocenters. The van der Waals surface area contributed by atoms with E-state index in [1.165, 1.54) is 11.8 Å². The number of carbonyl (C=O) groups excluding carboxylic acids is 3. The number of furan rings is 1. The Bertz CT molecular complexity index is 875. The number of fused-ring (bicyclic) bond motifs is 1. The van der Waals surface area contributed by atoms with Crippen molar-refractivity contribution in [3.63, 3.8) is 0 Å². The van der Waals surface area contributed by atoms with E-state index < -0.39 is 5.25 Å². The van der Waals surface area contributed by atoms with E-state index in [-0.39, 0.29) is 23.6 Å². The number of anilines is 1. The zero-order valence-corrected chi connectivity index (χ0v) is 16.0. The summed E-state index contributed by atoms with van der Waals surface area (Å²) in [5.74, 6) is 0.0785. The van der Waals surface area contributed by atoms with Crippen LogP contribution in [0.25, 0.3) is 0 Å². The molecule has 3 heterocycles. The Labute approximate surface area is 166 Å². The van der Waals surface area contributed by atoms with Gasteiger partial charge in [0.05, 0.1) is 18.5 Å². The van der Waals surface area contributed by atoms with Crippen LogP contribution >= 0.6 is 11.8 Å². The summed E-state index contributed by atoms with van der Waals surface area (Å²) in [5.41, 5.74) is 0.744. The van der Waals surface area contributed by atoms with Crippen molar-refractivity contribution in [2.24, 2.45) is 5.92 Å². The normalized spacial score (nSPS) is 19.6. The molecule has 0 bridgehead atoms. The van der Waals surface area contributed by atoms with E-state index in [2.05, 4.69) is 10.6 Å². The molecule has 1 atom stereocenters. The smallest absolute Gasteiger partial charge is 0.247 e. The molecule has 0 spiro atoms. The van der Waals surface area contributed by atoms with E-state index in [1.54, 1.807) is 17.2 Å². The molecule has 7 nitrogen and oxygen atoms in total. The molecule has 0 saturated carbocycles. The first-order valence-electron chi connectivity index (χ1n) is 9.27. The van der Waals surface area contributed by atoms with Crippen molar-refractivity contribution >= 4 is 35.2 Å². The zero-order valence-electron chi connectivity index (χ0n) is 15.2. The molecule has 1 aromatic heterocycles. The van der Waals surface area contributed by atoms with Gasteiger partial charge in [-0.3, -0.25) is 14.4 Å². The number of likely N-dealkylation sites (tertiary alicyclic amines) is 1. The molecule has 1 saturated heterocycles. The molecule has 2 N–H and O–H groups in total. The standard InChI is InChI=1S/C20H21N3O4S/c24-18(21-12-14-4-3-11-27-14)13-7-9-23(10-8-13)20(26)17-19(25)22-15-5-1-2-6-16(15)28-17/h1-6,11,13,17H,7-10,12H2,(H,21,24)(H,22,25). The zero-order chi connectivity index (χ0) is 19.5. The highest BCUT2D eigenvalue weighted by atomic mass is 32.2. The van der Waals surface area contributed by atoms with Gasteiger partial charge in [0.25, 0.3) is 0 Å². The number of thioether (sulfide) groups is 1. The number of piperidine rings is 1. The van der Waals surface area contributed by atoms with E-state index in [0.29, 0.717) is 38.2 Å². The molecule has 146 valence electrons. The number of hydrogen-bond acceptors (Lipinski definition) is 5. The van der Waals surface area contributed by atoms with Crippen molar-refractivity contribution in [3.8, 4) is 0 Å². The molecule has 0 aliphatic carbocycles. The Morgan fingerprint density at radius 3 is 2.71 bits per heavy atom. The number of hydrogen-bond donors (Lipinski definition) is 2. The second-order valence-electron chi connectivity index (χ2n) is 6.88. The molecule has 2 aliphatic heterocycles. The fraction of sp³-hybridized carbons (Fsp3) is 0.350. The van der Waals surface area contributed by atoms with Crippen molar-refractivity contribution in [1.82, 2.24) is 10.2 Å². The third kappa shape index (κ3) is 3.91. The highest BCUT2D eigenvalue weighted by Crippen LogP contribution is 2.36. The van der Waals surface area contributed by atoms with Crippen molar-refractivity contribution in [2.75, 3.05) is 18.4 Å². The first-order valence-corrected chi connectivity index (χ1v) is 10.2. The molecule has 8 heteroatoms. The maximum absolute atomic E-state index is 12.9. The molecule has 3 amide bonds. The van der Waals surface area contributed by atoms with Crippen LogP contribution in [0.4, 0.5) is 5.69 Å². The predicted octanol–water partition coefficient (Wildman–Crippen LogP) is 2.25. The van der Waals surface area contributed by atoms with Gasteiger partial charge in [0.15, 0.2) is 5.25 Å². The Morgan fingerprint density at radius 2 is 1.96 bits per heavy atom. The topological polar surface area (TPSA) is 91.7 Å². The van der Waals surface area contributed by atoms with E-state index in [0.717, 1.165) is 10.6 Å². The molecular formula is C20H21N3O4S. The molecule has 1 fully saturated rings. The predicted molar refractivity (Wildman–Crippen MR) is 105 cm³/mol. The SMILES string of the molecule is O=C(NCc1ccco1)C1CCN(C(=O)C2Sc3ccccc3NC2=O)CC1. The van der Waals surface area contributed by atoms with Crippen LogP contribution < -0.4 is 10.6 Å². The second kappa shape index (κ2) is 8.10. The Balaban J connectivity index is 1.30. The largest absolute Gasteiger partial charge is 0.467 e. The molecule has 1 aromatic carbocycles. The summed E-state index contributed by atoms with van der Waals surface area (Å²) in [6.45, 7) is 1.32. The van der Waals surface area contributed by atoms with Gasteiger partial charge in [-0.05, 0) is 37.1 Å². The van der Waals surface area contributed by atoms with Gasteiger partial charge in [0, 0.05) is 23.9 Å². The highest BCUT2D eigenvalue weighted by molar-refractivity contribution is 8.01. The molecule has 2 aliphatic rings. The Hall–Kier alpha value is -2.74. The van der Waals surface area contributed by atoms with Crippen LogP contribution in [-0.4, -0.2) is 41.0 Å². The van der Waals surface area contributed by atoms with E-state index >= 15 is 0 Å². The first kappa shape index (κ1) is 18.6. The van der Waals surface area contributed by atoms with Gasteiger partial charge in [-0.1, -0.05) is 12.1 Å². The maximum Gasteiger partial charge on any atom is 0.247 e. The van der Waals surface area contributed by atoms with Gasteiger partial charge in [0.1, 0.15) is 5.76 Å². The summed E-state index contributed by atoms with van der Waals surface area (Å²) in [5, 5.41) is 4.90. The van der Waals surface area contributed by atoms with Crippen LogP contribution in [0.1, 0.15) is 18.6 Å². The van der Waals surface area contributed by atoms with E-state index in [9.17, 15) is 14.4 Å². The lowest BCUT2D eigenvalue weighted by Crippen LogP contribution is -2.49. The molecule has 28 heavy (non-hydrogen) atoms. The molecule has 2 aromatic rings. The van der Waals surface area contributed by atoms with Gasteiger partial charge in [-0.2, -0.15) is 0 Å². The number of benzene rings is 1. The van der Waals surface area contributed by atoms with Gasteiger partial charge < -0.3 is 20.0 Å². The van der Waals surface area contributed by atoms with Crippen LogP contribution in [-0.2, 0) is 20.9 Å². The van der Waals surface area contributed by atoms with Crippen molar-refractivity contribution < 1.29 is 18.8 Å². The third-order valence-electron chi connectivity index (χ3n) is 5.05. The van der Waals surface area contributed by atoms with Crippen LogP contribution in [0.15, 0.2) is 52.0 Å². The van der Waals surface area contributed by atoms with E-state index in [1.807, 2.05) is 30.3 Å². The summed E-state index contributed by atoms with van der Waals surface area (Å²) in [7, 11) is 0. The first-order chi connectivity index (χ1) is 13.6. The van der Waals surface area contributed by atoms with Crippen molar-refractivity contribution in [3.05, 3.63) is 48.4 Å². The fourth-order valence-corrected chi connectivity index (χ4v) is 4.55. The second-order valence-corrected chi connectivity index (χ2v) is 8.03. The van der Waals surface area contributed by atoms with E-state index in [4.69, 9.17) is 4.42 Å². The maximum atomic E-state index is 12.9. The third-order valence-corrected chi connectivity index (χ3v) is 6.31. The monoisotopic (exact) mass is 399 g/mol. The molecule has 4 rings (SSSR count). The lowest BCUT2D eigenvalue weighted by molar-refractivity contribution is -0.137. The summed E-state index contributed by atoms with van der Waals surface area (Å²) in [4.78, 5) is 40.1. The van der Waals surface area contributed by atoms with Crippen LogP contribution in [0.5, 0.6) is 0 Å². The summed E-state index contributed by atoms with van der Waals surface area (Å²) in [6.07, 6.45) is 2.75. The Morgan fingerprint density at radius 1 is 1.18 bits per heavy atom. The van der Waals surface area contributed by atoms with Gasteiger partial charge in [-0.25, -0.2) is 0 Å². The highest BCUT2D eigenvalue weighted by Gasteiger charge is 2.37. The average molecular weight is 399 g/mol. The summed E-state index contributed by atoms with van der Waals surface area (Å²) >= 11 is 1.29. The number of nitrogens with zero attached hydrogens (tertiary/aromatic N) is 1. The lowest BCUT2D eigenvalue weighted by Gasteiger charge is -2.34. The summed E-state index contributed by atoms with van der Waals surface area (Å²) in [6, 6.07) is 11.1. The fourth-order valence-electron chi connectivity index (χ4n) is 3.47. The number of para-hydroxylation sites is 1. The quantitative estimate of drug-likeness (QED) is 0.770. The summed E-state index contributed by atoms with van der Waals surface area (Å²) < 4.78 is 5.21. The Kier molecular flexibility index (Phi) is 5.38. The van der Waals surface area contributed by atoms with Gasteiger partial charge >= 0.3 is 0 Å². The number of carbonyl (C=O) groups is 3. The van der Waals surface area contributed by atoms with Crippen LogP contribution in [0.3, 0.4) is 0 Å². The van der Waals surface area contributed by atoms with Crippen LogP contribution in [0.2, 0.25) is 0 Å². The minimum atomic E-state index is -0.778. The molecular weight excluding hydrogens is 378 g/mol. The minimum Gasteiger partial charge on any atom is -0.467 e. The van der Waals surface area contributed by atoms with Crippen molar-refractivity contribution in [2.45, 2.75) is 29.5 Å².